The van der Waals surface area contributed by atoms with Crippen LogP contribution in [-0.4, -0.2) is 68.0 Å². The SMILES string of the molecule is C=CC(=O)N1CC[C@@H](N=C/C(=C\N)c2nc(-c3ccc4c(c3)CCNC4)c3ccsc3c2-c2ccc(F)cc2OCCOC)C1. The lowest BCUT2D eigenvalue weighted by atomic mass is 9.93. The number of benzene rings is 2. The number of nitrogens with one attached hydrogen (secondary N) is 1. The molecule has 0 spiro atoms. The molecule has 45 heavy (non-hydrogen) atoms. The number of nitrogens with zero attached hydrogens (tertiary/aromatic N) is 3. The third kappa shape index (κ3) is 6.40. The van der Waals surface area contributed by atoms with Crippen molar-refractivity contribution in [3.63, 3.8) is 0 Å². The zero-order chi connectivity index (χ0) is 31.3. The first kappa shape index (κ1) is 30.6. The van der Waals surface area contributed by atoms with Crippen LogP contribution in [0.15, 0.2) is 71.7 Å². The molecule has 232 valence electrons. The highest BCUT2D eigenvalue weighted by molar-refractivity contribution is 7.18. The predicted octanol–water partition coefficient (Wildman–Crippen LogP) is 5.60. The van der Waals surface area contributed by atoms with Gasteiger partial charge in [0.15, 0.2) is 0 Å². The Morgan fingerprint density at radius 3 is 2.96 bits per heavy atom. The molecule has 0 radical (unpaired) electrons. The van der Waals surface area contributed by atoms with Gasteiger partial charge in [0.2, 0.25) is 5.91 Å². The monoisotopic (exact) mass is 625 g/mol. The van der Waals surface area contributed by atoms with Crippen LogP contribution in [0.25, 0.3) is 38.0 Å². The molecule has 4 aromatic rings. The summed E-state index contributed by atoms with van der Waals surface area (Å²) in [5.41, 5.74) is 13.5. The molecule has 0 saturated carbocycles. The largest absolute Gasteiger partial charge is 0.490 e. The topological polar surface area (TPSA) is 102 Å². The van der Waals surface area contributed by atoms with Crippen LogP contribution in [0.4, 0.5) is 4.39 Å². The number of amides is 1. The van der Waals surface area contributed by atoms with Crippen molar-refractivity contribution in [1.82, 2.24) is 15.2 Å². The second-order valence-electron chi connectivity index (χ2n) is 11.1. The second kappa shape index (κ2) is 13.7. The van der Waals surface area contributed by atoms with Crippen LogP contribution < -0.4 is 15.8 Å². The van der Waals surface area contributed by atoms with E-state index in [-0.39, 0.29) is 18.6 Å². The van der Waals surface area contributed by atoms with E-state index >= 15 is 0 Å². The molecule has 0 aliphatic carbocycles. The Kier molecular flexibility index (Phi) is 9.34. The number of carbonyl (C=O) groups excluding carboxylic acids is 1. The van der Waals surface area contributed by atoms with Crippen LogP contribution in [-0.2, 0) is 22.5 Å². The van der Waals surface area contributed by atoms with Gasteiger partial charge in [-0.2, -0.15) is 0 Å². The predicted molar refractivity (Wildman–Crippen MR) is 179 cm³/mol. The highest BCUT2D eigenvalue weighted by Crippen LogP contribution is 2.44. The summed E-state index contributed by atoms with van der Waals surface area (Å²) in [7, 11) is 1.59. The van der Waals surface area contributed by atoms with Crippen LogP contribution in [0.5, 0.6) is 5.75 Å². The van der Waals surface area contributed by atoms with Crippen LogP contribution >= 0.6 is 11.3 Å². The van der Waals surface area contributed by atoms with E-state index in [9.17, 15) is 9.18 Å². The molecule has 2 aliphatic heterocycles. The van der Waals surface area contributed by atoms with E-state index in [4.69, 9.17) is 25.2 Å². The summed E-state index contributed by atoms with van der Waals surface area (Å²) in [4.78, 5) is 24.0. The summed E-state index contributed by atoms with van der Waals surface area (Å²) >= 11 is 1.59. The van der Waals surface area contributed by atoms with Gasteiger partial charge in [0.25, 0.3) is 0 Å². The number of likely N-dealkylation sites (tertiary alicyclic amines) is 1. The lowest BCUT2D eigenvalue weighted by Crippen LogP contribution is -2.27. The van der Waals surface area contributed by atoms with E-state index in [2.05, 4.69) is 36.2 Å². The molecule has 10 heteroatoms. The molecule has 1 fully saturated rings. The van der Waals surface area contributed by atoms with E-state index in [1.54, 1.807) is 35.6 Å². The molecular weight excluding hydrogens is 589 g/mol. The van der Waals surface area contributed by atoms with E-state index in [1.165, 1.54) is 35.5 Å². The molecule has 8 nitrogen and oxygen atoms in total. The number of rotatable bonds is 10. The first-order valence-electron chi connectivity index (χ1n) is 15.0. The third-order valence-corrected chi connectivity index (χ3v) is 9.19. The zero-order valence-corrected chi connectivity index (χ0v) is 26.0. The molecule has 1 atom stereocenters. The van der Waals surface area contributed by atoms with Gasteiger partial charge >= 0.3 is 0 Å². The van der Waals surface area contributed by atoms with Gasteiger partial charge in [0.05, 0.1) is 24.0 Å². The van der Waals surface area contributed by atoms with Gasteiger partial charge < -0.3 is 25.4 Å². The van der Waals surface area contributed by atoms with Crippen molar-refractivity contribution in [2.45, 2.75) is 25.4 Å². The summed E-state index contributed by atoms with van der Waals surface area (Å²) in [6.07, 6.45) is 6.27. The highest BCUT2D eigenvalue weighted by atomic mass is 32.1. The maximum absolute atomic E-state index is 14.6. The first-order valence-corrected chi connectivity index (χ1v) is 15.9. The lowest BCUT2D eigenvalue weighted by Gasteiger charge is -2.20. The van der Waals surface area contributed by atoms with Crippen molar-refractivity contribution in [2.24, 2.45) is 10.7 Å². The normalized spacial score (nSPS) is 16.8. The Bertz CT molecular complexity index is 1800. The van der Waals surface area contributed by atoms with E-state index in [1.807, 2.05) is 5.38 Å². The number of aliphatic imine (C=N–C) groups is 1. The lowest BCUT2D eigenvalue weighted by molar-refractivity contribution is -0.125. The molecule has 2 aromatic heterocycles. The van der Waals surface area contributed by atoms with E-state index in [0.717, 1.165) is 52.8 Å². The fraction of sp³-hybridized carbons (Fsp3) is 0.286. The number of pyridine rings is 1. The summed E-state index contributed by atoms with van der Waals surface area (Å²) in [5, 5.41) is 6.47. The summed E-state index contributed by atoms with van der Waals surface area (Å²) < 4.78 is 26.8. The summed E-state index contributed by atoms with van der Waals surface area (Å²) in [6, 6.07) is 13.1. The van der Waals surface area contributed by atoms with Gasteiger partial charge in [-0.25, -0.2) is 9.37 Å². The molecular formula is C35H36FN5O3S. The number of carbonyl (C=O) groups is 1. The van der Waals surface area contributed by atoms with Crippen LogP contribution in [0.1, 0.15) is 23.2 Å². The first-order chi connectivity index (χ1) is 22.0. The van der Waals surface area contributed by atoms with Gasteiger partial charge in [-0.1, -0.05) is 18.7 Å². The maximum Gasteiger partial charge on any atom is 0.246 e. The van der Waals surface area contributed by atoms with Gasteiger partial charge in [0.1, 0.15) is 18.2 Å². The smallest absolute Gasteiger partial charge is 0.246 e. The Labute approximate surface area is 266 Å². The third-order valence-electron chi connectivity index (χ3n) is 8.26. The number of aromatic nitrogens is 1. The maximum atomic E-state index is 14.6. The minimum absolute atomic E-state index is 0.0785. The number of halogens is 1. The van der Waals surface area contributed by atoms with Crippen LogP contribution in [0, 0.1) is 5.82 Å². The standard InChI is InChI=1S/C35H36FN5O3S/c1-3-31(42)41-12-9-27(21-41)39-20-25(18-37)34-32(28-7-6-26(36)17-30(28)44-14-13-43-2)35-29(10-15-45-35)33(40-34)23-4-5-24-19-38-11-8-22(24)16-23/h3-7,10,15-18,20,27,38H,1,8-9,11-14,19,21,37H2,2H3/b25-18+,39-20?/t27-/m1/s1. The molecule has 1 amide bonds. The molecule has 4 heterocycles. The minimum Gasteiger partial charge on any atom is -0.490 e. The summed E-state index contributed by atoms with van der Waals surface area (Å²) in [5.74, 6) is -0.113. The fourth-order valence-electron chi connectivity index (χ4n) is 5.95. The molecule has 6 rings (SSSR count). The number of nitrogens with two attached hydrogens (primary N) is 1. The number of hydrogen-bond acceptors (Lipinski definition) is 8. The summed E-state index contributed by atoms with van der Waals surface area (Å²) in [6.45, 7) is 7.13. The van der Waals surface area contributed by atoms with Crippen molar-refractivity contribution in [3.8, 4) is 28.1 Å². The van der Waals surface area contributed by atoms with Gasteiger partial charge in [0, 0.05) is 77.6 Å². The number of allylic oxidation sites excluding steroid dienone is 1. The van der Waals surface area contributed by atoms with Crippen molar-refractivity contribution in [3.05, 3.63) is 89.3 Å². The molecule has 2 aliphatic rings. The van der Waals surface area contributed by atoms with Gasteiger partial charge in [-0.3, -0.25) is 9.79 Å². The van der Waals surface area contributed by atoms with Crippen molar-refractivity contribution < 1.29 is 18.7 Å². The zero-order valence-electron chi connectivity index (χ0n) is 25.2. The van der Waals surface area contributed by atoms with Crippen molar-refractivity contribution in [2.75, 3.05) is 40.0 Å². The van der Waals surface area contributed by atoms with Gasteiger partial charge in [-0.05, 0) is 66.2 Å². The molecule has 3 N–H and O–H groups in total. The average Bonchev–Trinajstić information content (AvgIpc) is 3.75. The average molecular weight is 626 g/mol. The van der Waals surface area contributed by atoms with Crippen molar-refractivity contribution in [1.29, 1.82) is 0 Å². The van der Waals surface area contributed by atoms with Crippen LogP contribution in [0.3, 0.4) is 0 Å². The van der Waals surface area contributed by atoms with Gasteiger partial charge in [-0.15, -0.1) is 11.3 Å². The molecule has 2 aromatic carbocycles. The van der Waals surface area contributed by atoms with Crippen molar-refractivity contribution >= 4 is 39.1 Å². The van der Waals surface area contributed by atoms with E-state index < -0.39 is 5.82 Å². The quantitative estimate of drug-likeness (QED) is 0.135. The Morgan fingerprint density at radius 2 is 2.13 bits per heavy atom. The van der Waals surface area contributed by atoms with E-state index in [0.29, 0.717) is 42.3 Å². The number of methoxy groups -OCH3 is 1. The fourth-order valence-corrected chi connectivity index (χ4v) is 6.90. The molecule has 0 bridgehead atoms. The number of thiophene rings is 1. The minimum atomic E-state index is -0.403. The second-order valence-corrected chi connectivity index (χ2v) is 12.0. The number of fused-ring (bicyclic) bond motifs is 2. The Morgan fingerprint density at radius 1 is 1.24 bits per heavy atom. The Hall–Kier alpha value is -4.38. The number of ether oxygens (including phenoxy) is 2. The molecule has 1 saturated heterocycles. The highest BCUT2D eigenvalue weighted by Gasteiger charge is 2.26. The molecule has 0 unspecified atom stereocenters. The van der Waals surface area contributed by atoms with Crippen LogP contribution in [0.2, 0.25) is 0 Å². The Balaban J connectivity index is 1.51. The number of hydrogen-bond donors (Lipinski definition) is 2.